The fraction of sp³-hybridized carbons (Fsp3) is 0.684. The number of carbonyl (C=O) groups is 1. The maximum atomic E-state index is 12.4. The van der Waals surface area contributed by atoms with Crippen LogP contribution in [0.4, 0.5) is 16.4 Å². The lowest BCUT2D eigenvalue weighted by Gasteiger charge is -2.42. The highest BCUT2D eigenvalue weighted by Crippen LogP contribution is 2.43. The van der Waals surface area contributed by atoms with Gasteiger partial charge in [0.25, 0.3) is 0 Å². The fourth-order valence-corrected chi connectivity index (χ4v) is 4.29. The van der Waals surface area contributed by atoms with Crippen molar-refractivity contribution in [1.29, 1.82) is 0 Å². The molecule has 2 aromatic rings. The van der Waals surface area contributed by atoms with E-state index in [0.29, 0.717) is 23.6 Å². The highest BCUT2D eigenvalue weighted by atomic mass is 16.6. The summed E-state index contributed by atoms with van der Waals surface area (Å²) in [6.45, 7) is 9.82. The number of nitrogens with one attached hydrogen (secondary N) is 2. The monoisotopic (exact) mass is 403 g/mol. The second kappa shape index (κ2) is 7.01. The SMILES string of the molecule is C[C@@H]1OCC2(CCN(c3cnc4c(N)n[nH]c4n3)CC2)[C@@H]1NC(=O)OC(C)(C)C. The number of aromatic nitrogens is 4. The molecule has 0 aliphatic carbocycles. The van der Waals surface area contributed by atoms with Gasteiger partial charge in [-0.3, -0.25) is 5.10 Å². The Morgan fingerprint density at radius 3 is 2.83 bits per heavy atom. The number of rotatable bonds is 2. The lowest BCUT2D eigenvalue weighted by molar-refractivity contribution is 0.0434. The fourth-order valence-electron chi connectivity index (χ4n) is 4.29. The van der Waals surface area contributed by atoms with E-state index in [0.717, 1.165) is 31.7 Å². The first-order valence-corrected chi connectivity index (χ1v) is 10.00. The average Bonchev–Trinajstić information content (AvgIpc) is 3.16. The van der Waals surface area contributed by atoms with Crippen molar-refractivity contribution in [2.45, 2.75) is 58.3 Å². The van der Waals surface area contributed by atoms with Crippen molar-refractivity contribution in [3.8, 4) is 0 Å². The van der Waals surface area contributed by atoms with E-state index in [9.17, 15) is 4.79 Å². The number of hydrogen-bond donors (Lipinski definition) is 3. The number of carbonyl (C=O) groups excluding carboxylic acids is 1. The molecule has 0 bridgehead atoms. The Labute approximate surface area is 169 Å². The third-order valence-electron chi connectivity index (χ3n) is 5.80. The number of H-pyrrole nitrogens is 1. The molecule has 10 nitrogen and oxygen atoms in total. The van der Waals surface area contributed by atoms with Crippen molar-refractivity contribution in [3.63, 3.8) is 0 Å². The molecule has 1 amide bonds. The van der Waals surface area contributed by atoms with E-state index in [-0.39, 0.29) is 17.6 Å². The molecule has 29 heavy (non-hydrogen) atoms. The van der Waals surface area contributed by atoms with Gasteiger partial charge in [-0.15, -0.1) is 0 Å². The second-order valence-electron chi connectivity index (χ2n) is 9.02. The zero-order valence-corrected chi connectivity index (χ0v) is 17.4. The Bertz CT molecular complexity index is 899. The highest BCUT2D eigenvalue weighted by molar-refractivity contribution is 5.82. The van der Waals surface area contributed by atoms with Crippen LogP contribution < -0.4 is 16.0 Å². The zero-order chi connectivity index (χ0) is 20.8. The number of nitrogens with zero attached hydrogens (tertiary/aromatic N) is 4. The zero-order valence-electron chi connectivity index (χ0n) is 17.4. The van der Waals surface area contributed by atoms with E-state index in [4.69, 9.17) is 15.2 Å². The first kappa shape index (κ1) is 19.7. The van der Waals surface area contributed by atoms with Crippen LogP contribution in [0, 0.1) is 5.41 Å². The smallest absolute Gasteiger partial charge is 0.407 e. The number of amides is 1. The van der Waals surface area contributed by atoms with Crippen LogP contribution in [0.5, 0.6) is 0 Å². The number of ether oxygens (including phenoxy) is 2. The predicted octanol–water partition coefficient (Wildman–Crippen LogP) is 1.83. The Morgan fingerprint density at radius 2 is 2.14 bits per heavy atom. The minimum absolute atomic E-state index is 0.0572. The Balaban J connectivity index is 1.45. The minimum atomic E-state index is -0.531. The molecule has 2 fully saturated rings. The number of alkyl carbamates (subject to hydrolysis) is 1. The van der Waals surface area contributed by atoms with Crippen LogP contribution in [-0.4, -0.2) is 63.7 Å². The number of piperidine rings is 1. The molecule has 1 spiro atoms. The maximum Gasteiger partial charge on any atom is 0.407 e. The third-order valence-corrected chi connectivity index (χ3v) is 5.80. The highest BCUT2D eigenvalue weighted by Gasteiger charge is 2.50. The Morgan fingerprint density at radius 1 is 1.41 bits per heavy atom. The van der Waals surface area contributed by atoms with Gasteiger partial charge in [-0.2, -0.15) is 5.10 Å². The summed E-state index contributed by atoms with van der Waals surface area (Å²) in [4.78, 5) is 23.5. The normalized spacial score (nSPS) is 24.2. The molecule has 0 unspecified atom stereocenters. The molecule has 0 radical (unpaired) electrons. The van der Waals surface area contributed by atoms with E-state index in [2.05, 4.69) is 30.4 Å². The molecule has 2 aliphatic heterocycles. The number of anilines is 2. The van der Waals surface area contributed by atoms with Gasteiger partial charge < -0.3 is 25.4 Å². The van der Waals surface area contributed by atoms with Gasteiger partial charge in [0.1, 0.15) is 11.4 Å². The van der Waals surface area contributed by atoms with Gasteiger partial charge in [0.2, 0.25) is 0 Å². The van der Waals surface area contributed by atoms with Crippen LogP contribution in [-0.2, 0) is 9.47 Å². The van der Waals surface area contributed by atoms with Crippen molar-refractivity contribution >= 4 is 28.9 Å². The van der Waals surface area contributed by atoms with Crippen LogP contribution in [0.15, 0.2) is 6.20 Å². The van der Waals surface area contributed by atoms with Crippen LogP contribution in [0.2, 0.25) is 0 Å². The number of aromatic amines is 1. The molecule has 4 N–H and O–H groups in total. The number of nitrogens with two attached hydrogens (primary N) is 1. The second-order valence-corrected chi connectivity index (χ2v) is 9.02. The van der Waals surface area contributed by atoms with Crippen molar-refractivity contribution < 1.29 is 14.3 Å². The predicted molar refractivity (Wildman–Crippen MR) is 109 cm³/mol. The lowest BCUT2D eigenvalue weighted by atomic mass is 9.73. The summed E-state index contributed by atoms with van der Waals surface area (Å²) in [6.07, 6.45) is 3.04. The maximum absolute atomic E-state index is 12.4. The average molecular weight is 403 g/mol. The third kappa shape index (κ3) is 3.81. The summed E-state index contributed by atoms with van der Waals surface area (Å²) in [5, 5.41) is 9.83. The topological polar surface area (TPSA) is 131 Å². The molecular formula is C19H29N7O3. The summed E-state index contributed by atoms with van der Waals surface area (Å²) in [5.41, 5.74) is 6.30. The number of hydrogen-bond acceptors (Lipinski definition) is 8. The molecule has 4 heterocycles. The van der Waals surface area contributed by atoms with Gasteiger partial charge in [-0.25, -0.2) is 14.8 Å². The number of fused-ring (bicyclic) bond motifs is 1. The molecule has 2 atom stereocenters. The van der Waals surface area contributed by atoms with E-state index in [1.54, 1.807) is 6.20 Å². The van der Waals surface area contributed by atoms with Gasteiger partial charge in [-0.05, 0) is 40.5 Å². The van der Waals surface area contributed by atoms with Gasteiger partial charge >= 0.3 is 6.09 Å². The molecule has 4 rings (SSSR count). The first-order valence-electron chi connectivity index (χ1n) is 10.00. The van der Waals surface area contributed by atoms with Crippen molar-refractivity contribution in [2.24, 2.45) is 5.41 Å². The largest absolute Gasteiger partial charge is 0.444 e. The molecule has 2 aliphatic rings. The van der Waals surface area contributed by atoms with Crippen LogP contribution in [0.25, 0.3) is 11.2 Å². The summed E-state index contributed by atoms with van der Waals surface area (Å²) in [6, 6.07) is -0.0829. The van der Waals surface area contributed by atoms with Gasteiger partial charge in [0.15, 0.2) is 17.0 Å². The van der Waals surface area contributed by atoms with Crippen molar-refractivity contribution in [2.75, 3.05) is 30.3 Å². The van der Waals surface area contributed by atoms with E-state index < -0.39 is 11.7 Å². The summed E-state index contributed by atoms with van der Waals surface area (Å²) < 4.78 is 11.4. The molecule has 158 valence electrons. The van der Waals surface area contributed by atoms with Crippen LogP contribution in [0.3, 0.4) is 0 Å². The van der Waals surface area contributed by atoms with Crippen molar-refractivity contribution in [1.82, 2.24) is 25.5 Å². The van der Waals surface area contributed by atoms with Crippen molar-refractivity contribution in [3.05, 3.63) is 6.20 Å². The lowest BCUT2D eigenvalue weighted by Crippen LogP contribution is -2.55. The first-order chi connectivity index (χ1) is 13.7. The van der Waals surface area contributed by atoms with Crippen LogP contribution in [0.1, 0.15) is 40.5 Å². The number of nitrogen functional groups attached to an aromatic ring is 1. The molecular weight excluding hydrogens is 374 g/mol. The van der Waals surface area contributed by atoms with Gasteiger partial charge in [-0.1, -0.05) is 0 Å². The quantitative estimate of drug-likeness (QED) is 0.692. The molecule has 2 saturated heterocycles. The molecule has 2 aromatic heterocycles. The molecule has 0 saturated carbocycles. The molecule has 10 heteroatoms. The standard InChI is InChI=1S/C19H29N7O3/c1-11-14(23-17(27)29-18(2,3)4)19(10-28-11)5-7-26(8-6-19)12-9-21-13-15(20)24-25-16(13)22-12/h9,11,14H,5-8,10H2,1-4H3,(H,23,27)(H3,20,22,24,25)/t11-,14+/m0/s1. The summed E-state index contributed by atoms with van der Waals surface area (Å²) in [7, 11) is 0. The minimum Gasteiger partial charge on any atom is -0.444 e. The van der Waals surface area contributed by atoms with E-state index in [1.165, 1.54) is 0 Å². The summed E-state index contributed by atoms with van der Waals surface area (Å²) in [5.74, 6) is 1.14. The van der Waals surface area contributed by atoms with Gasteiger partial charge in [0.05, 0.1) is 24.9 Å². The Kier molecular flexibility index (Phi) is 4.76. The summed E-state index contributed by atoms with van der Waals surface area (Å²) >= 11 is 0. The van der Waals surface area contributed by atoms with Crippen LogP contribution >= 0.6 is 0 Å². The van der Waals surface area contributed by atoms with E-state index in [1.807, 2.05) is 27.7 Å². The Hall–Kier alpha value is -2.62. The van der Waals surface area contributed by atoms with E-state index >= 15 is 0 Å². The molecule has 0 aromatic carbocycles. The van der Waals surface area contributed by atoms with Gasteiger partial charge in [0, 0.05) is 18.5 Å².